The second kappa shape index (κ2) is 5.03. The number of hydrogen-bond acceptors (Lipinski definition) is 2. The molecule has 1 heterocycles. The number of alkyl halides is 1. The molecule has 0 aliphatic rings. The number of halogens is 2. The second-order valence-electron chi connectivity index (χ2n) is 3.40. The third-order valence-electron chi connectivity index (χ3n) is 2.15. The zero-order valence-electron chi connectivity index (χ0n) is 8.53. The van der Waals surface area contributed by atoms with Crippen molar-refractivity contribution in [3.05, 3.63) is 59.4 Å². The van der Waals surface area contributed by atoms with Crippen LogP contribution >= 0.6 is 11.6 Å². The van der Waals surface area contributed by atoms with Crippen LogP contribution in [-0.2, 0) is 12.3 Å². The Balaban J connectivity index is 2.20. The summed E-state index contributed by atoms with van der Waals surface area (Å²) in [4.78, 5) is 8.37. The van der Waals surface area contributed by atoms with Crippen LogP contribution in [0.5, 0.6) is 0 Å². The molecule has 0 saturated heterocycles. The Kier molecular flexibility index (Phi) is 3.47. The summed E-state index contributed by atoms with van der Waals surface area (Å²) in [6, 6.07) is 8.19. The van der Waals surface area contributed by atoms with E-state index < -0.39 is 0 Å². The third-order valence-corrected chi connectivity index (χ3v) is 2.43. The van der Waals surface area contributed by atoms with Gasteiger partial charge in [-0.15, -0.1) is 11.6 Å². The molecule has 82 valence electrons. The minimum Gasteiger partial charge on any atom is -0.241 e. The fourth-order valence-corrected chi connectivity index (χ4v) is 1.58. The summed E-state index contributed by atoms with van der Waals surface area (Å²) in [5.41, 5.74) is 1.63. The van der Waals surface area contributed by atoms with Crippen molar-refractivity contribution in [2.75, 3.05) is 0 Å². The van der Waals surface area contributed by atoms with E-state index in [2.05, 4.69) is 9.97 Å². The first-order chi connectivity index (χ1) is 7.78. The molecular weight excluding hydrogens is 227 g/mol. The first-order valence-corrected chi connectivity index (χ1v) is 5.42. The Morgan fingerprint density at radius 2 is 2.12 bits per heavy atom. The molecule has 2 nitrogen and oxygen atoms in total. The quantitative estimate of drug-likeness (QED) is 0.766. The van der Waals surface area contributed by atoms with Crippen LogP contribution in [0.1, 0.15) is 17.1 Å². The van der Waals surface area contributed by atoms with Gasteiger partial charge in [-0.3, -0.25) is 0 Å². The van der Waals surface area contributed by atoms with Gasteiger partial charge < -0.3 is 0 Å². The normalized spacial score (nSPS) is 10.4. The van der Waals surface area contributed by atoms with Crippen LogP contribution in [0, 0.1) is 5.82 Å². The summed E-state index contributed by atoms with van der Waals surface area (Å²) in [7, 11) is 0. The maximum Gasteiger partial charge on any atom is 0.132 e. The molecule has 0 fully saturated rings. The van der Waals surface area contributed by atoms with E-state index in [0.29, 0.717) is 18.1 Å². The van der Waals surface area contributed by atoms with Crippen molar-refractivity contribution in [3.63, 3.8) is 0 Å². The average Bonchev–Trinajstić information content (AvgIpc) is 2.29. The van der Waals surface area contributed by atoms with Gasteiger partial charge in [0.15, 0.2) is 0 Å². The Morgan fingerprint density at radius 1 is 1.25 bits per heavy atom. The van der Waals surface area contributed by atoms with Gasteiger partial charge in [-0.05, 0) is 23.8 Å². The van der Waals surface area contributed by atoms with Crippen molar-refractivity contribution >= 4 is 11.6 Å². The second-order valence-corrected chi connectivity index (χ2v) is 3.67. The lowest BCUT2D eigenvalue weighted by Crippen LogP contribution is -1.98. The number of rotatable bonds is 3. The monoisotopic (exact) mass is 236 g/mol. The highest BCUT2D eigenvalue weighted by Gasteiger charge is 2.01. The largest absolute Gasteiger partial charge is 0.241 e. The molecule has 0 amide bonds. The first kappa shape index (κ1) is 11.0. The summed E-state index contributed by atoms with van der Waals surface area (Å²) in [5, 5.41) is 0. The lowest BCUT2D eigenvalue weighted by molar-refractivity contribution is 0.625. The van der Waals surface area contributed by atoms with Gasteiger partial charge >= 0.3 is 0 Å². The van der Waals surface area contributed by atoms with E-state index >= 15 is 0 Å². The molecule has 0 spiro atoms. The van der Waals surface area contributed by atoms with E-state index in [1.807, 2.05) is 6.07 Å². The van der Waals surface area contributed by atoms with E-state index in [9.17, 15) is 4.39 Å². The average molecular weight is 237 g/mol. The van der Waals surface area contributed by atoms with Gasteiger partial charge in [0.2, 0.25) is 0 Å². The topological polar surface area (TPSA) is 25.8 Å². The molecule has 0 aliphatic carbocycles. The van der Waals surface area contributed by atoms with Gasteiger partial charge in [0.25, 0.3) is 0 Å². The molecule has 0 N–H and O–H groups in total. The molecule has 1 aromatic heterocycles. The standard InChI is InChI=1S/C12H10ClFN2/c13-8-11-4-5-15-12(16-11)7-9-2-1-3-10(14)6-9/h1-6H,7-8H2. The zero-order chi connectivity index (χ0) is 11.4. The lowest BCUT2D eigenvalue weighted by atomic mass is 10.1. The van der Waals surface area contributed by atoms with Gasteiger partial charge in [0, 0.05) is 12.6 Å². The van der Waals surface area contributed by atoms with Crippen molar-refractivity contribution < 1.29 is 4.39 Å². The van der Waals surface area contributed by atoms with E-state index in [0.717, 1.165) is 11.3 Å². The fraction of sp³-hybridized carbons (Fsp3) is 0.167. The van der Waals surface area contributed by atoms with Crippen molar-refractivity contribution in [1.29, 1.82) is 0 Å². The number of aromatic nitrogens is 2. The smallest absolute Gasteiger partial charge is 0.132 e. The molecule has 0 aliphatic heterocycles. The molecule has 4 heteroatoms. The van der Waals surface area contributed by atoms with E-state index in [1.165, 1.54) is 12.1 Å². The Hall–Kier alpha value is -1.48. The molecule has 0 unspecified atom stereocenters. The highest BCUT2D eigenvalue weighted by molar-refractivity contribution is 6.16. The summed E-state index contributed by atoms with van der Waals surface area (Å²) < 4.78 is 13.0. The van der Waals surface area contributed by atoms with Crippen LogP contribution in [0.3, 0.4) is 0 Å². The Morgan fingerprint density at radius 3 is 2.88 bits per heavy atom. The summed E-state index contributed by atoms with van der Waals surface area (Å²) >= 11 is 5.68. The molecule has 2 rings (SSSR count). The third kappa shape index (κ3) is 2.76. The molecular formula is C12H10ClFN2. The van der Waals surface area contributed by atoms with Crippen LogP contribution in [0.15, 0.2) is 36.5 Å². The van der Waals surface area contributed by atoms with Gasteiger partial charge in [0.1, 0.15) is 11.6 Å². The van der Waals surface area contributed by atoms with Crippen LogP contribution in [0.4, 0.5) is 4.39 Å². The number of hydrogen-bond donors (Lipinski definition) is 0. The van der Waals surface area contributed by atoms with E-state index in [-0.39, 0.29) is 5.82 Å². The number of nitrogens with zero attached hydrogens (tertiary/aromatic N) is 2. The van der Waals surface area contributed by atoms with E-state index in [1.54, 1.807) is 18.3 Å². The van der Waals surface area contributed by atoms with Crippen LogP contribution in [0.2, 0.25) is 0 Å². The molecule has 2 aromatic rings. The first-order valence-electron chi connectivity index (χ1n) is 4.89. The summed E-state index contributed by atoms with van der Waals surface area (Å²) in [5.74, 6) is 0.772. The Labute approximate surface area is 98.1 Å². The minimum absolute atomic E-state index is 0.244. The maximum atomic E-state index is 13.0. The van der Waals surface area contributed by atoms with E-state index in [4.69, 9.17) is 11.6 Å². The van der Waals surface area contributed by atoms with Crippen LogP contribution in [0.25, 0.3) is 0 Å². The molecule has 0 bridgehead atoms. The predicted octanol–water partition coefficient (Wildman–Crippen LogP) is 2.95. The fourth-order valence-electron chi connectivity index (χ4n) is 1.43. The van der Waals surface area contributed by atoms with Crippen molar-refractivity contribution in [3.8, 4) is 0 Å². The molecule has 1 aromatic carbocycles. The van der Waals surface area contributed by atoms with Gasteiger partial charge in [0.05, 0.1) is 11.6 Å². The molecule has 16 heavy (non-hydrogen) atoms. The minimum atomic E-state index is -0.244. The van der Waals surface area contributed by atoms with Crippen molar-refractivity contribution in [2.45, 2.75) is 12.3 Å². The maximum absolute atomic E-state index is 13.0. The van der Waals surface area contributed by atoms with Crippen LogP contribution in [-0.4, -0.2) is 9.97 Å². The highest BCUT2D eigenvalue weighted by Crippen LogP contribution is 2.08. The predicted molar refractivity (Wildman–Crippen MR) is 60.8 cm³/mol. The summed E-state index contributed by atoms with van der Waals surface area (Å²) in [6.07, 6.45) is 2.18. The molecule has 0 saturated carbocycles. The summed E-state index contributed by atoms with van der Waals surface area (Å²) in [6.45, 7) is 0. The zero-order valence-corrected chi connectivity index (χ0v) is 9.28. The van der Waals surface area contributed by atoms with Crippen molar-refractivity contribution in [2.24, 2.45) is 0 Å². The Bertz CT molecular complexity index is 488. The molecule has 0 radical (unpaired) electrons. The lowest BCUT2D eigenvalue weighted by Gasteiger charge is -2.02. The van der Waals surface area contributed by atoms with Gasteiger partial charge in [-0.1, -0.05) is 12.1 Å². The van der Waals surface area contributed by atoms with Crippen LogP contribution < -0.4 is 0 Å². The molecule has 0 atom stereocenters. The van der Waals surface area contributed by atoms with Gasteiger partial charge in [-0.2, -0.15) is 0 Å². The van der Waals surface area contributed by atoms with Gasteiger partial charge in [-0.25, -0.2) is 14.4 Å². The number of benzene rings is 1. The SMILES string of the molecule is Fc1cccc(Cc2nccc(CCl)n2)c1. The van der Waals surface area contributed by atoms with Crippen molar-refractivity contribution in [1.82, 2.24) is 9.97 Å². The highest BCUT2D eigenvalue weighted by atomic mass is 35.5.